The number of nitrogens with one attached hydrogen (secondary N) is 1. The van der Waals surface area contributed by atoms with Crippen LogP contribution in [0.15, 0.2) is 18.2 Å². The Kier molecular flexibility index (Phi) is 4.53. The molecule has 1 atom stereocenters. The topological polar surface area (TPSA) is 38.0 Å². The smallest absolute Gasteiger partial charge is 0.159 e. The fourth-order valence-electron chi connectivity index (χ4n) is 3.38. The third-order valence-corrected chi connectivity index (χ3v) is 4.67. The molecule has 0 aliphatic heterocycles. The lowest BCUT2D eigenvalue weighted by Gasteiger charge is -2.36. The van der Waals surface area contributed by atoms with E-state index >= 15 is 0 Å². The van der Waals surface area contributed by atoms with Gasteiger partial charge in [0, 0.05) is 6.04 Å². The highest BCUT2D eigenvalue weighted by Gasteiger charge is 2.39. The number of rotatable bonds is 5. The maximum absolute atomic E-state index is 13.3. The van der Waals surface area contributed by atoms with E-state index < -0.39 is 11.6 Å². The van der Waals surface area contributed by atoms with Gasteiger partial charge in [0.1, 0.15) is 0 Å². The molecule has 1 fully saturated rings. The van der Waals surface area contributed by atoms with Crippen LogP contribution in [0, 0.1) is 17.0 Å². The summed E-state index contributed by atoms with van der Waals surface area (Å²) in [5, 5.41) is 0. The molecule has 1 unspecified atom stereocenters. The first-order chi connectivity index (χ1) is 9.11. The molecule has 0 heterocycles. The van der Waals surface area contributed by atoms with E-state index in [1.165, 1.54) is 25.0 Å². The van der Waals surface area contributed by atoms with E-state index in [4.69, 9.17) is 5.84 Å². The maximum atomic E-state index is 13.3. The van der Waals surface area contributed by atoms with Gasteiger partial charge in [-0.25, -0.2) is 8.78 Å². The second-order valence-corrected chi connectivity index (χ2v) is 5.59. The van der Waals surface area contributed by atoms with Crippen molar-refractivity contribution in [3.8, 4) is 0 Å². The third kappa shape index (κ3) is 2.95. The van der Waals surface area contributed by atoms with Gasteiger partial charge >= 0.3 is 0 Å². The first kappa shape index (κ1) is 14.4. The minimum absolute atomic E-state index is 0.116. The van der Waals surface area contributed by atoms with Gasteiger partial charge in [0.2, 0.25) is 0 Å². The van der Waals surface area contributed by atoms with Crippen LogP contribution in [0.4, 0.5) is 8.78 Å². The Bertz CT molecular complexity index is 428. The van der Waals surface area contributed by atoms with Crippen LogP contribution < -0.4 is 11.3 Å². The molecule has 3 N–H and O–H groups in total. The molecule has 1 aromatic carbocycles. The molecule has 1 saturated carbocycles. The van der Waals surface area contributed by atoms with Crippen molar-refractivity contribution in [3.63, 3.8) is 0 Å². The van der Waals surface area contributed by atoms with Gasteiger partial charge in [0.05, 0.1) is 0 Å². The van der Waals surface area contributed by atoms with Crippen molar-refractivity contribution in [1.82, 2.24) is 5.43 Å². The zero-order valence-corrected chi connectivity index (χ0v) is 11.4. The second-order valence-electron chi connectivity index (χ2n) is 5.59. The van der Waals surface area contributed by atoms with Crippen LogP contribution in [0.5, 0.6) is 0 Å². The predicted molar refractivity (Wildman–Crippen MR) is 72.4 cm³/mol. The standard InChI is InChI=1S/C15H22F2N2/c1-2-15(7-3-4-8-15)14(19-18)10-11-5-6-12(16)13(17)9-11/h5-6,9,14,19H,2-4,7-8,10,18H2,1H3. The van der Waals surface area contributed by atoms with Crippen molar-refractivity contribution >= 4 is 0 Å². The van der Waals surface area contributed by atoms with E-state index in [1.54, 1.807) is 6.07 Å². The quantitative estimate of drug-likeness (QED) is 0.635. The van der Waals surface area contributed by atoms with E-state index in [0.717, 1.165) is 24.8 Å². The van der Waals surface area contributed by atoms with Gasteiger partial charge < -0.3 is 0 Å². The average Bonchev–Trinajstić information content (AvgIpc) is 2.90. The van der Waals surface area contributed by atoms with Crippen LogP contribution in [0.1, 0.15) is 44.6 Å². The Labute approximate surface area is 113 Å². The number of hydrazine groups is 1. The van der Waals surface area contributed by atoms with E-state index in [2.05, 4.69) is 12.3 Å². The third-order valence-electron chi connectivity index (χ3n) is 4.67. The summed E-state index contributed by atoms with van der Waals surface area (Å²) in [5.74, 6) is 4.13. The lowest BCUT2D eigenvalue weighted by molar-refractivity contribution is 0.185. The zero-order chi connectivity index (χ0) is 13.9. The summed E-state index contributed by atoms with van der Waals surface area (Å²) < 4.78 is 26.2. The normalized spacial score (nSPS) is 19.6. The van der Waals surface area contributed by atoms with Crippen LogP contribution in [-0.2, 0) is 6.42 Å². The van der Waals surface area contributed by atoms with Crippen molar-refractivity contribution in [1.29, 1.82) is 0 Å². The molecule has 2 rings (SSSR count). The molecule has 19 heavy (non-hydrogen) atoms. The molecule has 0 saturated heterocycles. The molecular weight excluding hydrogens is 246 g/mol. The molecule has 2 nitrogen and oxygen atoms in total. The summed E-state index contributed by atoms with van der Waals surface area (Å²) in [6.45, 7) is 2.18. The van der Waals surface area contributed by atoms with Crippen molar-refractivity contribution in [2.75, 3.05) is 0 Å². The fraction of sp³-hybridized carbons (Fsp3) is 0.600. The van der Waals surface area contributed by atoms with E-state index in [1.807, 2.05) is 0 Å². The Morgan fingerprint density at radius 2 is 1.95 bits per heavy atom. The second kappa shape index (κ2) is 5.97. The van der Waals surface area contributed by atoms with Gasteiger partial charge in [0.25, 0.3) is 0 Å². The van der Waals surface area contributed by atoms with Gasteiger partial charge in [-0.3, -0.25) is 11.3 Å². The molecule has 1 aromatic rings. The van der Waals surface area contributed by atoms with E-state index in [-0.39, 0.29) is 11.5 Å². The van der Waals surface area contributed by atoms with Crippen molar-refractivity contribution in [3.05, 3.63) is 35.4 Å². The first-order valence-electron chi connectivity index (χ1n) is 7.01. The molecule has 0 bridgehead atoms. The Morgan fingerprint density at radius 1 is 1.26 bits per heavy atom. The highest BCUT2D eigenvalue weighted by atomic mass is 19.2. The maximum Gasteiger partial charge on any atom is 0.159 e. The summed E-state index contributed by atoms with van der Waals surface area (Å²) in [6, 6.07) is 4.22. The lowest BCUT2D eigenvalue weighted by Crippen LogP contribution is -2.48. The number of hydrogen-bond donors (Lipinski definition) is 2. The predicted octanol–water partition coefficient (Wildman–Crippen LogP) is 3.31. The zero-order valence-electron chi connectivity index (χ0n) is 11.4. The van der Waals surface area contributed by atoms with Gasteiger partial charge in [0.15, 0.2) is 11.6 Å². The van der Waals surface area contributed by atoms with Gasteiger partial charge in [-0.2, -0.15) is 0 Å². The largest absolute Gasteiger partial charge is 0.271 e. The lowest BCUT2D eigenvalue weighted by atomic mass is 9.74. The SMILES string of the molecule is CCC1(C(Cc2ccc(F)c(F)c2)NN)CCCC1. The van der Waals surface area contributed by atoms with Crippen LogP contribution in [-0.4, -0.2) is 6.04 Å². The van der Waals surface area contributed by atoms with E-state index in [0.29, 0.717) is 6.42 Å². The molecule has 0 radical (unpaired) electrons. The summed E-state index contributed by atoms with van der Waals surface area (Å²) in [4.78, 5) is 0. The minimum Gasteiger partial charge on any atom is -0.271 e. The summed E-state index contributed by atoms with van der Waals surface area (Å²) in [6.07, 6.45) is 6.46. The van der Waals surface area contributed by atoms with Crippen molar-refractivity contribution < 1.29 is 8.78 Å². The highest BCUT2D eigenvalue weighted by Crippen LogP contribution is 2.44. The molecule has 4 heteroatoms. The molecule has 0 spiro atoms. The molecule has 0 amide bonds. The summed E-state index contributed by atoms with van der Waals surface area (Å²) in [5.41, 5.74) is 3.89. The van der Waals surface area contributed by atoms with Crippen molar-refractivity contribution in [2.24, 2.45) is 11.3 Å². The number of halogens is 2. The van der Waals surface area contributed by atoms with Crippen LogP contribution >= 0.6 is 0 Å². The average molecular weight is 268 g/mol. The molecule has 106 valence electrons. The van der Waals surface area contributed by atoms with Crippen LogP contribution in [0.2, 0.25) is 0 Å². The minimum atomic E-state index is -0.799. The van der Waals surface area contributed by atoms with Crippen LogP contribution in [0.25, 0.3) is 0 Å². The Morgan fingerprint density at radius 3 is 2.47 bits per heavy atom. The van der Waals surface area contributed by atoms with Crippen LogP contribution in [0.3, 0.4) is 0 Å². The van der Waals surface area contributed by atoms with Gasteiger partial charge in [-0.15, -0.1) is 0 Å². The Balaban J connectivity index is 2.16. The summed E-state index contributed by atoms with van der Waals surface area (Å²) in [7, 11) is 0. The fourth-order valence-corrected chi connectivity index (χ4v) is 3.38. The molecule has 1 aliphatic rings. The molecule has 1 aliphatic carbocycles. The summed E-state index contributed by atoms with van der Waals surface area (Å²) >= 11 is 0. The monoisotopic (exact) mass is 268 g/mol. The number of nitrogens with two attached hydrogens (primary N) is 1. The van der Waals surface area contributed by atoms with Crippen molar-refractivity contribution in [2.45, 2.75) is 51.5 Å². The van der Waals surface area contributed by atoms with E-state index in [9.17, 15) is 8.78 Å². The number of benzene rings is 1. The molecule has 0 aromatic heterocycles. The number of hydrogen-bond acceptors (Lipinski definition) is 2. The molecular formula is C15H22F2N2. The van der Waals surface area contributed by atoms with Gasteiger partial charge in [-0.1, -0.05) is 25.8 Å². The highest BCUT2D eigenvalue weighted by molar-refractivity contribution is 5.19. The Hall–Kier alpha value is -1.00. The first-order valence-corrected chi connectivity index (χ1v) is 7.01. The van der Waals surface area contributed by atoms with Gasteiger partial charge in [-0.05, 0) is 48.8 Å².